The Morgan fingerprint density at radius 2 is 2.00 bits per heavy atom. The van der Waals surface area contributed by atoms with Crippen molar-refractivity contribution in [3.8, 4) is 0 Å². The highest BCUT2D eigenvalue weighted by atomic mass is 16.2. The standard InChI is InChI=1S/C17H19N5O/c1-13-10-12-19-17-20-15(21-22(13)17)16(23)18-11-6-5-9-14-7-3-2-4-8-14/h2-4,7-8,10,12H,5-6,9,11H2,1H3,(H,18,23). The van der Waals surface area contributed by atoms with Crippen molar-refractivity contribution >= 4 is 11.7 Å². The molecular weight excluding hydrogens is 290 g/mol. The van der Waals surface area contributed by atoms with Gasteiger partial charge in [-0.25, -0.2) is 9.50 Å². The van der Waals surface area contributed by atoms with Crippen LogP contribution in [0.3, 0.4) is 0 Å². The lowest BCUT2D eigenvalue weighted by Gasteiger charge is -2.03. The summed E-state index contributed by atoms with van der Waals surface area (Å²) in [4.78, 5) is 20.3. The van der Waals surface area contributed by atoms with E-state index in [1.165, 1.54) is 5.56 Å². The number of nitrogens with one attached hydrogen (secondary N) is 1. The van der Waals surface area contributed by atoms with E-state index in [0.717, 1.165) is 25.0 Å². The largest absolute Gasteiger partial charge is 0.349 e. The maximum Gasteiger partial charge on any atom is 0.291 e. The first kappa shape index (κ1) is 15.1. The van der Waals surface area contributed by atoms with Crippen LogP contribution in [0.15, 0.2) is 42.6 Å². The van der Waals surface area contributed by atoms with E-state index in [4.69, 9.17) is 0 Å². The van der Waals surface area contributed by atoms with Crippen LogP contribution in [0.25, 0.3) is 5.78 Å². The molecule has 0 radical (unpaired) electrons. The Morgan fingerprint density at radius 3 is 2.78 bits per heavy atom. The van der Waals surface area contributed by atoms with Crippen molar-refractivity contribution in [2.24, 2.45) is 0 Å². The van der Waals surface area contributed by atoms with E-state index >= 15 is 0 Å². The topological polar surface area (TPSA) is 72.2 Å². The van der Waals surface area contributed by atoms with E-state index in [0.29, 0.717) is 12.3 Å². The van der Waals surface area contributed by atoms with Gasteiger partial charge >= 0.3 is 0 Å². The van der Waals surface area contributed by atoms with Gasteiger partial charge in [0.2, 0.25) is 5.82 Å². The number of aryl methyl sites for hydroxylation is 2. The molecule has 1 N–H and O–H groups in total. The van der Waals surface area contributed by atoms with Gasteiger partial charge in [-0.1, -0.05) is 30.3 Å². The van der Waals surface area contributed by atoms with Crippen LogP contribution in [0.4, 0.5) is 0 Å². The van der Waals surface area contributed by atoms with Gasteiger partial charge in [-0.15, -0.1) is 5.10 Å². The lowest BCUT2D eigenvalue weighted by atomic mass is 10.1. The summed E-state index contributed by atoms with van der Waals surface area (Å²) in [5.41, 5.74) is 2.21. The van der Waals surface area contributed by atoms with Gasteiger partial charge in [0.25, 0.3) is 11.7 Å². The molecule has 0 fully saturated rings. The minimum atomic E-state index is -0.255. The Bertz CT molecular complexity index is 797. The van der Waals surface area contributed by atoms with Gasteiger partial charge in [-0.3, -0.25) is 4.79 Å². The van der Waals surface area contributed by atoms with Gasteiger partial charge in [0.15, 0.2) is 0 Å². The van der Waals surface area contributed by atoms with Gasteiger partial charge in [0.1, 0.15) is 0 Å². The number of hydrogen-bond donors (Lipinski definition) is 1. The second-order valence-electron chi connectivity index (χ2n) is 5.43. The van der Waals surface area contributed by atoms with Gasteiger partial charge < -0.3 is 5.32 Å². The highest BCUT2D eigenvalue weighted by molar-refractivity contribution is 5.90. The zero-order valence-corrected chi connectivity index (χ0v) is 13.1. The van der Waals surface area contributed by atoms with Crippen molar-refractivity contribution in [2.45, 2.75) is 26.2 Å². The Hall–Kier alpha value is -2.76. The van der Waals surface area contributed by atoms with Crippen LogP contribution in [0.5, 0.6) is 0 Å². The fourth-order valence-corrected chi connectivity index (χ4v) is 2.38. The summed E-state index contributed by atoms with van der Waals surface area (Å²) in [5, 5.41) is 7.05. The third kappa shape index (κ3) is 3.71. The number of aromatic nitrogens is 4. The lowest BCUT2D eigenvalue weighted by Crippen LogP contribution is -2.25. The molecule has 0 saturated heterocycles. The number of amides is 1. The van der Waals surface area contributed by atoms with Crippen LogP contribution in [0.2, 0.25) is 0 Å². The van der Waals surface area contributed by atoms with E-state index in [1.54, 1.807) is 10.7 Å². The monoisotopic (exact) mass is 309 g/mol. The Balaban J connectivity index is 1.48. The van der Waals surface area contributed by atoms with Crippen molar-refractivity contribution < 1.29 is 4.79 Å². The number of nitrogens with zero attached hydrogens (tertiary/aromatic N) is 4. The summed E-state index contributed by atoms with van der Waals surface area (Å²) in [5.74, 6) is 0.351. The molecule has 0 aliphatic carbocycles. The summed E-state index contributed by atoms with van der Waals surface area (Å²) >= 11 is 0. The molecule has 23 heavy (non-hydrogen) atoms. The molecule has 1 amide bonds. The van der Waals surface area contributed by atoms with E-state index in [-0.39, 0.29) is 11.7 Å². The first-order chi connectivity index (χ1) is 11.2. The fraction of sp³-hybridized carbons (Fsp3) is 0.294. The quantitative estimate of drug-likeness (QED) is 0.708. The molecule has 2 aromatic heterocycles. The molecule has 2 heterocycles. The molecule has 0 aliphatic rings. The Labute approximate surface area is 134 Å². The third-order valence-corrected chi connectivity index (χ3v) is 3.65. The molecule has 6 heteroatoms. The van der Waals surface area contributed by atoms with Crippen molar-refractivity contribution in [1.82, 2.24) is 24.9 Å². The van der Waals surface area contributed by atoms with E-state index in [2.05, 4.69) is 32.5 Å². The van der Waals surface area contributed by atoms with Gasteiger partial charge in [-0.2, -0.15) is 4.98 Å². The molecule has 0 unspecified atom stereocenters. The molecule has 0 spiro atoms. The smallest absolute Gasteiger partial charge is 0.291 e. The van der Waals surface area contributed by atoms with Crippen LogP contribution in [0.1, 0.15) is 34.7 Å². The number of carbonyl (C=O) groups is 1. The third-order valence-electron chi connectivity index (χ3n) is 3.65. The van der Waals surface area contributed by atoms with E-state index in [9.17, 15) is 4.79 Å². The predicted molar refractivity (Wildman–Crippen MR) is 87.2 cm³/mol. The number of carbonyl (C=O) groups excluding carboxylic acids is 1. The molecule has 3 rings (SSSR count). The zero-order valence-electron chi connectivity index (χ0n) is 13.1. The molecule has 0 atom stereocenters. The number of hydrogen-bond acceptors (Lipinski definition) is 4. The second-order valence-corrected chi connectivity index (χ2v) is 5.43. The second kappa shape index (κ2) is 7.00. The average Bonchev–Trinajstić information content (AvgIpc) is 3.01. The maximum atomic E-state index is 12.1. The number of rotatable bonds is 6. The number of fused-ring (bicyclic) bond motifs is 1. The van der Waals surface area contributed by atoms with Crippen molar-refractivity contribution in [3.05, 3.63) is 59.7 Å². The summed E-state index contributed by atoms with van der Waals surface area (Å²) in [6.45, 7) is 2.52. The zero-order chi connectivity index (χ0) is 16.1. The minimum absolute atomic E-state index is 0.162. The molecule has 118 valence electrons. The highest BCUT2D eigenvalue weighted by Gasteiger charge is 2.13. The highest BCUT2D eigenvalue weighted by Crippen LogP contribution is 2.04. The summed E-state index contributed by atoms with van der Waals surface area (Å²) < 4.78 is 1.57. The van der Waals surface area contributed by atoms with Crippen LogP contribution in [-0.4, -0.2) is 32.0 Å². The van der Waals surface area contributed by atoms with Crippen molar-refractivity contribution in [2.75, 3.05) is 6.54 Å². The Morgan fingerprint density at radius 1 is 1.17 bits per heavy atom. The molecule has 0 saturated carbocycles. The van der Waals surface area contributed by atoms with Crippen molar-refractivity contribution in [1.29, 1.82) is 0 Å². The molecule has 0 bridgehead atoms. The fourth-order valence-electron chi connectivity index (χ4n) is 2.38. The molecular formula is C17H19N5O. The normalized spacial score (nSPS) is 10.8. The first-order valence-corrected chi connectivity index (χ1v) is 7.74. The summed E-state index contributed by atoms with van der Waals surface area (Å²) in [6.07, 6.45) is 4.63. The van der Waals surface area contributed by atoms with Gasteiger partial charge in [0, 0.05) is 18.4 Å². The van der Waals surface area contributed by atoms with Crippen molar-refractivity contribution in [3.63, 3.8) is 0 Å². The SMILES string of the molecule is Cc1ccnc2nc(C(=O)NCCCCc3ccccc3)nn12. The van der Waals surface area contributed by atoms with Crippen LogP contribution < -0.4 is 5.32 Å². The number of benzene rings is 1. The Kier molecular flexibility index (Phi) is 4.61. The maximum absolute atomic E-state index is 12.1. The van der Waals surface area contributed by atoms with E-state index in [1.807, 2.05) is 31.2 Å². The summed E-state index contributed by atoms with van der Waals surface area (Å²) in [7, 11) is 0. The van der Waals surface area contributed by atoms with Crippen LogP contribution >= 0.6 is 0 Å². The first-order valence-electron chi connectivity index (χ1n) is 7.74. The predicted octanol–water partition coefficient (Wildman–Crippen LogP) is 2.19. The van der Waals surface area contributed by atoms with E-state index < -0.39 is 0 Å². The van der Waals surface area contributed by atoms with Gasteiger partial charge in [-0.05, 0) is 37.8 Å². The molecule has 0 aliphatic heterocycles. The van der Waals surface area contributed by atoms with Crippen LogP contribution in [0, 0.1) is 6.92 Å². The van der Waals surface area contributed by atoms with Crippen LogP contribution in [-0.2, 0) is 6.42 Å². The lowest BCUT2D eigenvalue weighted by molar-refractivity contribution is 0.0943. The molecule has 1 aromatic carbocycles. The molecule has 6 nitrogen and oxygen atoms in total. The van der Waals surface area contributed by atoms with Gasteiger partial charge in [0.05, 0.1) is 0 Å². The molecule has 3 aromatic rings. The average molecular weight is 309 g/mol. The number of unbranched alkanes of at least 4 members (excludes halogenated alkanes) is 1. The minimum Gasteiger partial charge on any atom is -0.349 e. The summed E-state index contributed by atoms with van der Waals surface area (Å²) in [6, 6.07) is 12.2.